The highest BCUT2D eigenvalue weighted by molar-refractivity contribution is 7.91. The van der Waals surface area contributed by atoms with E-state index >= 15 is 0 Å². The van der Waals surface area contributed by atoms with E-state index in [-0.39, 0.29) is 121 Å². The third kappa shape index (κ3) is 21.8. The zero-order chi connectivity index (χ0) is 66.0. The Morgan fingerprint density at radius 3 is 1.62 bits per heavy atom. The van der Waals surface area contributed by atoms with Crippen LogP contribution in [0.1, 0.15) is 126 Å². The zero-order valence-corrected chi connectivity index (χ0v) is 58.2. The first-order valence-electron chi connectivity index (χ1n) is 32.6. The zero-order valence-electron chi connectivity index (χ0n) is 53.6. The van der Waals surface area contributed by atoms with Crippen molar-refractivity contribution in [1.29, 1.82) is 0 Å². The molecule has 0 saturated carbocycles. The molecule has 510 valence electrons. The molecule has 2 heterocycles. The van der Waals surface area contributed by atoms with Gasteiger partial charge in [-0.05, 0) is 173 Å². The Hall–Kier alpha value is -3.88. The molecule has 2 amide bonds. The van der Waals surface area contributed by atoms with Gasteiger partial charge in [0.2, 0.25) is 10.0 Å². The first-order valence-corrected chi connectivity index (χ1v) is 37.3. The van der Waals surface area contributed by atoms with Gasteiger partial charge < -0.3 is 50.5 Å². The van der Waals surface area contributed by atoms with Crippen molar-refractivity contribution in [2.24, 2.45) is 29.2 Å². The summed E-state index contributed by atoms with van der Waals surface area (Å²) in [4.78, 5) is 29.9. The summed E-state index contributed by atoms with van der Waals surface area (Å²) in [7, 11) is -7.55. The fraction of sp³-hybridized carbons (Fsp3) is 0.612. The summed E-state index contributed by atoms with van der Waals surface area (Å²) in [5.74, 6) is 0.890. The maximum absolute atomic E-state index is 13.7. The number of benzene rings is 4. The van der Waals surface area contributed by atoms with E-state index in [1.54, 1.807) is 60.7 Å². The second kappa shape index (κ2) is 35.9. The van der Waals surface area contributed by atoms with Gasteiger partial charge in [0.05, 0.1) is 73.9 Å². The third-order valence-electron chi connectivity index (χ3n) is 17.8. The molecule has 25 heteroatoms. The molecular formula is C67H95Cl4N7O12S2. The van der Waals surface area contributed by atoms with Crippen molar-refractivity contribution in [3.05, 3.63) is 115 Å². The highest BCUT2D eigenvalue weighted by Gasteiger charge is 2.43. The van der Waals surface area contributed by atoms with Crippen molar-refractivity contribution < 1.29 is 54.8 Å². The lowest BCUT2D eigenvalue weighted by Gasteiger charge is -2.38. The van der Waals surface area contributed by atoms with Crippen LogP contribution in [0.25, 0.3) is 0 Å². The van der Waals surface area contributed by atoms with Gasteiger partial charge in [-0.1, -0.05) is 80.5 Å². The molecule has 7 N–H and O–H groups in total. The predicted octanol–water partition coefficient (Wildman–Crippen LogP) is 10.6. The van der Waals surface area contributed by atoms with E-state index in [1.807, 2.05) is 39.8 Å². The predicted molar refractivity (Wildman–Crippen MR) is 362 cm³/mol. The Labute approximate surface area is 565 Å². The number of rotatable bonds is 37. The Kier molecular flexibility index (Phi) is 28.9. The van der Waals surface area contributed by atoms with Crippen molar-refractivity contribution in [3.8, 4) is 11.5 Å². The minimum atomic E-state index is -3.90. The monoisotopic (exact) mass is 1390 g/mol. The molecule has 4 aromatic rings. The molecule has 2 saturated heterocycles. The van der Waals surface area contributed by atoms with Crippen LogP contribution in [0.5, 0.6) is 11.5 Å². The number of ether oxygens (including phenoxy) is 6. The third-order valence-corrected chi connectivity index (χ3v) is 22.3. The quantitative estimate of drug-likeness (QED) is 0.0263. The van der Waals surface area contributed by atoms with Gasteiger partial charge >= 0.3 is 6.03 Å². The fourth-order valence-electron chi connectivity index (χ4n) is 12.5. The number of likely N-dealkylation sites (tertiary alicyclic amines) is 2. The lowest BCUT2D eigenvalue weighted by Crippen LogP contribution is -2.49. The maximum atomic E-state index is 13.7. The minimum Gasteiger partial charge on any atom is -0.484 e. The summed E-state index contributed by atoms with van der Waals surface area (Å²) < 4.78 is 93.7. The summed E-state index contributed by atoms with van der Waals surface area (Å²) >= 11 is 26.3. The number of unbranched alkanes of at least 4 members (excludes halogenated alkanes) is 2. The number of Topliss-reactive ketones (excluding diaryl/α,β-unsaturated/α-hetero) is 1. The molecule has 0 unspecified atom stereocenters. The number of ketones is 1. The molecule has 0 bridgehead atoms. The van der Waals surface area contributed by atoms with Crippen LogP contribution in [0.15, 0.2) is 82.6 Å². The van der Waals surface area contributed by atoms with Crippen molar-refractivity contribution in [2.75, 3.05) is 97.9 Å². The van der Waals surface area contributed by atoms with Crippen LogP contribution in [0, 0.1) is 17.8 Å². The van der Waals surface area contributed by atoms with E-state index in [2.05, 4.69) is 25.2 Å². The van der Waals surface area contributed by atoms with Gasteiger partial charge in [0.1, 0.15) is 29.5 Å². The van der Waals surface area contributed by atoms with Gasteiger partial charge in [0.25, 0.3) is 0 Å². The van der Waals surface area contributed by atoms with Crippen LogP contribution in [0.4, 0.5) is 4.79 Å². The normalized spacial score (nSPS) is 21.1. The fourth-order valence-corrected chi connectivity index (χ4v) is 16.8. The number of hydrogen-bond acceptors (Lipinski definition) is 16. The Morgan fingerprint density at radius 2 is 1.09 bits per heavy atom. The second-order valence-corrected chi connectivity index (χ2v) is 31.0. The van der Waals surface area contributed by atoms with Gasteiger partial charge in [0.15, 0.2) is 9.84 Å². The van der Waals surface area contributed by atoms with Crippen molar-refractivity contribution >= 4 is 78.1 Å². The van der Waals surface area contributed by atoms with Gasteiger partial charge in [-0.3, -0.25) is 14.6 Å². The topological polar surface area (TPSA) is 252 Å². The molecule has 8 atom stereocenters. The summed E-state index contributed by atoms with van der Waals surface area (Å²) in [6.45, 7) is 14.1. The number of urea groups is 1. The second-order valence-electron chi connectivity index (χ2n) is 25.5. The molecule has 2 fully saturated rings. The summed E-state index contributed by atoms with van der Waals surface area (Å²) in [5, 5.41) is 7.89. The number of carbonyl (C=O) groups excluding carboxylic acids is 2. The highest BCUT2D eigenvalue weighted by atomic mass is 35.5. The number of nitrogens with two attached hydrogens (primary N) is 2. The van der Waals surface area contributed by atoms with Gasteiger partial charge in [-0.2, -0.15) is 0 Å². The van der Waals surface area contributed by atoms with Crippen molar-refractivity contribution in [3.63, 3.8) is 0 Å². The first-order chi connectivity index (χ1) is 44.0. The van der Waals surface area contributed by atoms with E-state index < -0.39 is 25.9 Å². The number of nitrogens with zero attached hydrogens (tertiary/aromatic N) is 2. The molecule has 2 aliphatic heterocycles. The van der Waals surface area contributed by atoms with Crippen molar-refractivity contribution in [1.82, 2.24) is 25.2 Å². The number of sulfonamides is 1. The maximum Gasteiger partial charge on any atom is 0.314 e. The lowest BCUT2D eigenvalue weighted by molar-refractivity contribution is -0.119. The van der Waals surface area contributed by atoms with Crippen LogP contribution >= 0.6 is 46.4 Å². The van der Waals surface area contributed by atoms with Crippen LogP contribution in [0.2, 0.25) is 20.1 Å². The van der Waals surface area contributed by atoms with Gasteiger partial charge in [-0.15, -0.1) is 0 Å². The molecule has 4 aromatic carbocycles. The van der Waals surface area contributed by atoms with Crippen LogP contribution in [0.3, 0.4) is 0 Å². The minimum absolute atomic E-state index is 0.00238. The molecule has 0 spiro atoms. The molecule has 4 aliphatic rings. The molecule has 19 nitrogen and oxygen atoms in total. The summed E-state index contributed by atoms with van der Waals surface area (Å²) in [5.41, 5.74) is 16.6. The highest BCUT2D eigenvalue weighted by Crippen LogP contribution is 2.45. The van der Waals surface area contributed by atoms with Crippen LogP contribution in [-0.2, 0) is 56.4 Å². The number of fused-ring (bicyclic) bond motifs is 2. The average molecular weight is 1400 g/mol. The first kappa shape index (κ1) is 73.9. The SMILES string of the molecule is CC(C)[C@H](COCCOCCNC(=O)NCCCCCC(=O)CCCOCCOC[C@H](NS(=O)(=O)c1ccc(O[C@H]2c3cc(Cl)cc(Cl)c3C[C@@H]2N2CCC[C@@H](N)C2)cc1)C(C)C)CS(=O)(=O)c1ccc(O[C@H]2c3cc(Cl)cc(Cl)c3C[C@@H]2N2CCC[C@@H](N)C2)cc1. The number of hydrogen-bond donors (Lipinski definition) is 5. The molecular weight excluding hydrogens is 1300 g/mol. The molecule has 2 aliphatic carbocycles. The Bertz CT molecular complexity index is 3030. The van der Waals surface area contributed by atoms with Gasteiger partial charge in [0, 0.05) is 95.0 Å². The lowest BCUT2D eigenvalue weighted by atomic mass is 9.99. The number of piperidine rings is 2. The number of amides is 2. The van der Waals surface area contributed by atoms with E-state index in [9.17, 15) is 26.4 Å². The smallest absolute Gasteiger partial charge is 0.314 e. The number of nitrogens with one attached hydrogen (secondary N) is 3. The number of carbonyl (C=O) groups is 2. The Balaban J connectivity index is 0.619. The molecule has 92 heavy (non-hydrogen) atoms. The van der Waals surface area contributed by atoms with Crippen LogP contribution in [-0.4, -0.2) is 167 Å². The average Bonchev–Trinajstić information content (AvgIpc) is 1.62. The Morgan fingerprint density at radius 1 is 0.587 bits per heavy atom. The van der Waals surface area contributed by atoms with E-state index in [1.165, 1.54) is 0 Å². The van der Waals surface area contributed by atoms with Gasteiger partial charge in [-0.25, -0.2) is 26.4 Å². The summed E-state index contributed by atoms with van der Waals surface area (Å²) in [6, 6.07) is 19.8. The van der Waals surface area contributed by atoms with E-state index in [0.29, 0.717) is 90.0 Å². The van der Waals surface area contributed by atoms with E-state index in [0.717, 1.165) is 93.4 Å². The largest absolute Gasteiger partial charge is 0.484 e. The van der Waals surface area contributed by atoms with Crippen molar-refractivity contribution in [2.45, 2.75) is 157 Å². The summed E-state index contributed by atoms with van der Waals surface area (Å²) in [6.07, 6.45) is 8.35. The standard InChI is InChI=1S/C67H95Cl4N7O12S2/c1-44(2)46(43-91(81,82)54-19-15-52(16-20-54)89-65-58-33-47(68)35-60(70)56(58)37-63(65)77-25-8-11-49(72)39-77)41-87-31-30-86-28-24-75-67(80)74-23-7-5-6-13-51(79)14-10-27-85-29-32-88-42-62(45(3)4)76-92(83,84)55-21-17-53(18-22-55)90-66-59-34-48(69)36-61(71)57(59)38-64(66)78-26-9-12-50(73)40-78/h15-22,33-36,44-46,49-50,62-66,76H,5-14,23-32,37-43,72-73H2,1-4H3,(H2,74,75,80)/t46-,49-,50-,62+,63+,64+,65+,66+/m1/s1. The number of halogens is 4. The van der Waals surface area contributed by atoms with E-state index in [4.69, 9.17) is 86.3 Å². The molecule has 0 aromatic heterocycles. The molecule has 8 rings (SSSR count). The number of sulfone groups is 1. The molecule has 0 radical (unpaired) electrons. The van der Waals surface area contributed by atoms with Crippen LogP contribution < -0.4 is 36.3 Å².